The number of anilines is 1. The summed E-state index contributed by atoms with van der Waals surface area (Å²) >= 11 is 0. The maximum atomic E-state index is 14.2. The van der Waals surface area contributed by atoms with Crippen LogP contribution in [0.1, 0.15) is 17.2 Å². The van der Waals surface area contributed by atoms with E-state index in [2.05, 4.69) is 26.5 Å². The van der Waals surface area contributed by atoms with Crippen molar-refractivity contribution >= 4 is 11.8 Å². The van der Waals surface area contributed by atoms with Crippen LogP contribution in [0.3, 0.4) is 0 Å². The van der Waals surface area contributed by atoms with Gasteiger partial charge in [-0.3, -0.25) is 5.32 Å². The molecule has 3 atom stereocenters. The molecular weight excluding hydrogens is 418 g/mol. The van der Waals surface area contributed by atoms with E-state index in [1.807, 2.05) is 0 Å². The predicted octanol–water partition coefficient (Wildman–Crippen LogP) is 3.82. The normalized spacial score (nSPS) is 20.1. The van der Waals surface area contributed by atoms with Crippen molar-refractivity contribution in [3.8, 4) is 29.6 Å². The Balaban J connectivity index is 1.19. The highest BCUT2D eigenvalue weighted by Crippen LogP contribution is 2.55. The van der Waals surface area contributed by atoms with Gasteiger partial charge in [-0.15, -0.1) is 6.42 Å². The van der Waals surface area contributed by atoms with Crippen LogP contribution in [-0.4, -0.2) is 28.6 Å². The number of nitrogens with one attached hydrogen (secondary N) is 2. The maximum Gasteiger partial charge on any atom is 0.320 e. The number of carbonyl (C=O) groups is 1. The number of ether oxygens (including phenoxy) is 2. The number of nitrogens with zero attached hydrogens (tertiary/aromatic N) is 2. The van der Waals surface area contributed by atoms with Crippen LogP contribution in [0.5, 0.6) is 17.2 Å². The molecule has 0 saturated heterocycles. The molecule has 1 saturated carbocycles. The van der Waals surface area contributed by atoms with Crippen LogP contribution in [0.25, 0.3) is 0 Å². The zero-order chi connectivity index (χ0) is 22.2. The van der Waals surface area contributed by atoms with E-state index >= 15 is 0 Å². The Bertz CT molecular complexity index is 1230. The van der Waals surface area contributed by atoms with Gasteiger partial charge in [0.25, 0.3) is 0 Å². The van der Waals surface area contributed by atoms with Crippen molar-refractivity contribution in [2.75, 3.05) is 11.9 Å². The fraction of sp³-hybridized carbons (Fsp3) is 0.174. The third kappa shape index (κ3) is 3.67. The Labute approximate surface area is 181 Å². The van der Waals surface area contributed by atoms with Gasteiger partial charge in [0.1, 0.15) is 28.8 Å². The molecule has 7 nitrogen and oxygen atoms in total. The van der Waals surface area contributed by atoms with Crippen molar-refractivity contribution in [1.29, 1.82) is 0 Å². The molecule has 0 radical (unpaired) electrons. The van der Waals surface area contributed by atoms with Gasteiger partial charge in [0.15, 0.2) is 11.6 Å². The summed E-state index contributed by atoms with van der Waals surface area (Å²) in [6, 6.07) is 7.81. The van der Waals surface area contributed by atoms with Gasteiger partial charge in [0.2, 0.25) is 0 Å². The van der Waals surface area contributed by atoms with Gasteiger partial charge < -0.3 is 14.8 Å². The quantitative estimate of drug-likeness (QED) is 0.610. The van der Waals surface area contributed by atoms with Gasteiger partial charge in [-0.05, 0) is 36.4 Å². The average Bonchev–Trinajstić information content (AvgIpc) is 3.50. The Morgan fingerprint density at radius 3 is 2.53 bits per heavy atom. The van der Waals surface area contributed by atoms with Gasteiger partial charge in [-0.1, -0.05) is 5.92 Å². The first-order chi connectivity index (χ1) is 15.5. The van der Waals surface area contributed by atoms with E-state index in [0.717, 1.165) is 12.1 Å². The lowest BCUT2D eigenvalue weighted by Gasteiger charge is -2.16. The summed E-state index contributed by atoms with van der Waals surface area (Å²) in [6.07, 6.45) is 8.22. The highest BCUT2D eigenvalue weighted by Gasteiger charge is 2.57. The summed E-state index contributed by atoms with van der Waals surface area (Å²) in [7, 11) is 0. The highest BCUT2D eigenvalue weighted by atomic mass is 19.1. The number of halogens is 2. The minimum Gasteiger partial charge on any atom is -0.490 e. The SMILES string of the molecule is C#Cc1ccc(Oc2ccc(NC(=O)N[C@@H]3[C@@H]4COc5c(F)ccc(F)c5[C@@H]43)nc2)cn1. The van der Waals surface area contributed by atoms with Crippen LogP contribution in [-0.2, 0) is 0 Å². The molecule has 2 aliphatic rings. The van der Waals surface area contributed by atoms with E-state index < -0.39 is 17.7 Å². The van der Waals surface area contributed by atoms with Crippen molar-refractivity contribution in [2.45, 2.75) is 12.0 Å². The third-order valence-corrected chi connectivity index (χ3v) is 5.41. The number of urea groups is 1. The number of benzene rings is 1. The number of carbonyl (C=O) groups excluding carboxylic acids is 1. The first kappa shape index (κ1) is 19.8. The lowest BCUT2D eigenvalue weighted by atomic mass is 10.0. The Kier molecular flexibility index (Phi) is 4.82. The van der Waals surface area contributed by atoms with Crippen LogP contribution in [0.15, 0.2) is 48.8 Å². The van der Waals surface area contributed by atoms with Crippen LogP contribution in [0.4, 0.5) is 19.4 Å². The lowest BCUT2D eigenvalue weighted by molar-refractivity contribution is 0.247. The summed E-state index contributed by atoms with van der Waals surface area (Å²) in [5.74, 6) is 2.01. The van der Waals surface area contributed by atoms with Gasteiger partial charge in [0.05, 0.1) is 19.0 Å². The molecule has 0 unspecified atom stereocenters. The van der Waals surface area contributed by atoms with Crippen LogP contribution < -0.4 is 20.1 Å². The second kappa shape index (κ2) is 7.81. The Hall–Kier alpha value is -4.19. The first-order valence-corrected chi connectivity index (χ1v) is 9.78. The number of rotatable bonds is 4. The lowest BCUT2D eigenvalue weighted by Crippen LogP contribution is -2.32. The second-order valence-electron chi connectivity index (χ2n) is 7.40. The minimum absolute atomic E-state index is 0.0719. The fourth-order valence-electron chi connectivity index (χ4n) is 3.84. The molecule has 1 aliphatic heterocycles. The van der Waals surface area contributed by atoms with Crippen molar-refractivity contribution < 1.29 is 23.0 Å². The zero-order valence-corrected chi connectivity index (χ0v) is 16.5. The van der Waals surface area contributed by atoms with Crippen molar-refractivity contribution in [1.82, 2.24) is 15.3 Å². The van der Waals surface area contributed by atoms with Crippen molar-refractivity contribution in [3.05, 3.63) is 71.7 Å². The molecule has 1 fully saturated rings. The largest absolute Gasteiger partial charge is 0.490 e. The summed E-state index contributed by atoms with van der Waals surface area (Å²) < 4.78 is 39.1. The molecule has 2 amide bonds. The Morgan fingerprint density at radius 2 is 1.84 bits per heavy atom. The van der Waals surface area contributed by atoms with Gasteiger partial charge in [0, 0.05) is 23.4 Å². The number of amides is 2. The molecule has 32 heavy (non-hydrogen) atoms. The van der Waals surface area contributed by atoms with Crippen LogP contribution >= 0.6 is 0 Å². The molecule has 9 heteroatoms. The van der Waals surface area contributed by atoms with E-state index in [4.69, 9.17) is 15.9 Å². The van der Waals surface area contributed by atoms with Crippen molar-refractivity contribution in [3.63, 3.8) is 0 Å². The van der Waals surface area contributed by atoms with E-state index in [9.17, 15) is 13.6 Å². The molecule has 5 rings (SSSR count). The minimum atomic E-state index is -0.607. The fourth-order valence-corrected chi connectivity index (χ4v) is 3.84. The summed E-state index contributed by atoms with van der Waals surface area (Å²) in [5, 5.41) is 5.40. The van der Waals surface area contributed by atoms with E-state index in [1.165, 1.54) is 12.4 Å². The van der Waals surface area contributed by atoms with Gasteiger partial charge in [-0.25, -0.2) is 23.5 Å². The maximum absolute atomic E-state index is 14.2. The first-order valence-electron chi connectivity index (χ1n) is 9.78. The molecule has 0 bridgehead atoms. The second-order valence-corrected chi connectivity index (χ2v) is 7.40. The predicted molar refractivity (Wildman–Crippen MR) is 111 cm³/mol. The number of hydrogen-bond donors (Lipinski definition) is 2. The summed E-state index contributed by atoms with van der Waals surface area (Å²) in [5.41, 5.74) is 0.676. The number of aromatic nitrogens is 2. The number of terminal acetylenes is 1. The van der Waals surface area contributed by atoms with Crippen LogP contribution in [0, 0.1) is 29.9 Å². The number of pyridine rings is 2. The molecule has 2 aromatic heterocycles. The topological polar surface area (TPSA) is 85.4 Å². The van der Waals surface area contributed by atoms with Gasteiger partial charge in [-0.2, -0.15) is 0 Å². The monoisotopic (exact) mass is 434 g/mol. The summed E-state index contributed by atoms with van der Waals surface area (Å²) in [4.78, 5) is 20.6. The molecule has 160 valence electrons. The molecule has 3 heterocycles. The smallest absolute Gasteiger partial charge is 0.320 e. The van der Waals surface area contributed by atoms with Crippen molar-refractivity contribution in [2.24, 2.45) is 5.92 Å². The summed E-state index contributed by atoms with van der Waals surface area (Å²) in [6.45, 7) is 0.213. The zero-order valence-electron chi connectivity index (χ0n) is 16.5. The molecule has 1 aliphatic carbocycles. The highest BCUT2D eigenvalue weighted by molar-refractivity contribution is 5.89. The van der Waals surface area contributed by atoms with Gasteiger partial charge >= 0.3 is 6.03 Å². The molecule has 3 aromatic rings. The number of hydrogen-bond acceptors (Lipinski definition) is 5. The molecular formula is C23H16F2N4O3. The van der Waals surface area contributed by atoms with E-state index in [1.54, 1.807) is 24.3 Å². The average molecular weight is 434 g/mol. The Morgan fingerprint density at radius 1 is 1.09 bits per heavy atom. The van der Waals surface area contributed by atoms with E-state index in [0.29, 0.717) is 23.0 Å². The molecule has 2 N–H and O–H groups in total. The van der Waals surface area contributed by atoms with Crippen LogP contribution in [0.2, 0.25) is 0 Å². The molecule has 0 spiro atoms. The third-order valence-electron chi connectivity index (χ3n) is 5.41. The van der Waals surface area contributed by atoms with E-state index in [-0.39, 0.29) is 35.8 Å². The standard InChI is InChI=1S/C23H16F2N4O3/c1-2-12-3-4-13(9-26-12)32-14-5-8-18(27-10-14)28-23(30)29-21-15-11-31-22-17(25)7-6-16(24)20(22)19(15)21/h1,3-10,15,19,21H,11H2,(H2,27,28,29,30)/t15-,19-,21-/m1/s1. The molecule has 1 aromatic carbocycles. The number of fused-ring (bicyclic) bond motifs is 3.